The van der Waals surface area contributed by atoms with Crippen molar-refractivity contribution in [3.05, 3.63) is 95.1 Å². The largest absolute Gasteiger partial charge is 0.493 e. The topological polar surface area (TPSA) is 37.3 Å². The molecule has 166 valence electrons. The highest BCUT2D eigenvalue weighted by Gasteiger charge is 2.15. The minimum absolute atomic E-state index is 0.501. The molecule has 0 atom stereocenters. The molecule has 5 nitrogen and oxygen atoms in total. The van der Waals surface area contributed by atoms with Gasteiger partial charge < -0.3 is 9.47 Å². The molecule has 0 spiro atoms. The third-order valence-corrected chi connectivity index (χ3v) is 5.67. The average Bonchev–Trinajstić information content (AvgIpc) is 2.84. The molecule has 4 rings (SSSR count). The Kier molecular flexibility index (Phi) is 7.41. The maximum atomic E-state index is 6.02. The predicted molar refractivity (Wildman–Crippen MR) is 129 cm³/mol. The van der Waals surface area contributed by atoms with E-state index in [2.05, 4.69) is 53.2 Å². The Morgan fingerprint density at radius 2 is 1.59 bits per heavy atom. The highest BCUT2D eigenvalue weighted by Crippen LogP contribution is 2.28. The van der Waals surface area contributed by atoms with Crippen molar-refractivity contribution in [3.63, 3.8) is 0 Å². The molecule has 3 aromatic rings. The van der Waals surface area contributed by atoms with Gasteiger partial charge in [0.1, 0.15) is 6.61 Å². The van der Waals surface area contributed by atoms with E-state index >= 15 is 0 Å². The van der Waals surface area contributed by atoms with Crippen LogP contribution in [0.5, 0.6) is 11.5 Å². The quantitative estimate of drug-likeness (QED) is 0.485. The molecule has 1 aliphatic heterocycles. The van der Waals surface area contributed by atoms with Crippen molar-refractivity contribution in [2.75, 3.05) is 33.3 Å². The van der Waals surface area contributed by atoms with Gasteiger partial charge >= 0.3 is 0 Å². The van der Waals surface area contributed by atoms with Gasteiger partial charge in [-0.2, -0.15) is 5.10 Å². The van der Waals surface area contributed by atoms with Crippen LogP contribution in [0.4, 0.5) is 0 Å². The molecular weight excluding hydrogens is 398 g/mol. The summed E-state index contributed by atoms with van der Waals surface area (Å²) in [5.41, 5.74) is 4.79. The summed E-state index contributed by atoms with van der Waals surface area (Å²) in [6.07, 6.45) is 1.91. The number of ether oxygens (including phenoxy) is 2. The molecule has 1 saturated heterocycles. The Balaban J connectivity index is 1.31. The second-order valence-corrected chi connectivity index (χ2v) is 8.14. The van der Waals surface area contributed by atoms with Gasteiger partial charge in [0.05, 0.1) is 13.3 Å². The van der Waals surface area contributed by atoms with Crippen LogP contribution in [-0.2, 0) is 13.2 Å². The second kappa shape index (κ2) is 10.8. The third kappa shape index (κ3) is 6.11. The molecule has 1 fully saturated rings. The van der Waals surface area contributed by atoms with Crippen LogP contribution < -0.4 is 9.47 Å². The van der Waals surface area contributed by atoms with Gasteiger partial charge in [0.15, 0.2) is 11.5 Å². The first-order valence-electron chi connectivity index (χ1n) is 11.1. The fourth-order valence-corrected chi connectivity index (χ4v) is 3.73. The first kappa shape index (κ1) is 21.9. The number of rotatable bonds is 8. The van der Waals surface area contributed by atoms with Crippen LogP contribution in [0.2, 0.25) is 0 Å². The number of benzene rings is 3. The predicted octanol–water partition coefficient (Wildman–Crippen LogP) is 4.73. The summed E-state index contributed by atoms with van der Waals surface area (Å²) in [5, 5.41) is 6.85. The minimum atomic E-state index is 0.501. The van der Waals surface area contributed by atoms with Crippen molar-refractivity contribution >= 4 is 6.21 Å². The number of nitrogens with zero attached hydrogens (tertiary/aromatic N) is 3. The minimum Gasteiger partial charge on any atom is -0.493 e. The van der Waals surface area contributed by atoms with Crippen molar-refractivity contribution < 1.29 is 9.47 Å². The molecule has 1 heterocycles. The second-order valence-electron chi connectivity index (χ2n) is 8.14. The lowest BCUT2D eigenvalue weighted by Gasteiger charge is -2.33. The summed E-state index contributed by atoms with van der Waals surface area (Å²) in [6.45, 7) is 7.51. The molecule has 0 aromatic heterocycles. The summed E-state index contributed by atoms with van der Waals surface area (Å²) < 4.78 is 11.5. The molecule has 0 saturated carbocycles. The van der Waals surface area contributed by atoms with Crippen LogP contribution in [0.1, 0.15) is 22.3 Å². The van der Waals surface area contributed by atoms with E-state index in [0.717, 1.165) is 55.3 Å². The lowest BCUT2D eigenvalue weighted by molar-refractivity contribution is 0.131. The van der Waals surface area contributed by atoms with Gasteiger partial charge in [-0.15, -0.1) is 0 Å². The van der Waals surface area contributed by atoms with Gasteiger partial charge in [0.25, 0.3) is 0 Å². The Hall–Kier alpha value is -3.31. The Bertz CT molecular complexity index is 1010. The van der Waals surface area contributed by atoms with Crippen LogP contribution >= 0.6 is 0 Å². The summed E-state index contributed by atoms with van der Waals surface area (Å²) in [7, 11) is 1.66. The van der Waals surface area contributed by atoms with Crippen LogP contribution in [-0.4, -0.2) is 49.4 Å². The van der Waals surface area contributed by atoms with E-state index in [1.54, 1.807) is 7.11 Å². The molecule has 0 aliphatic carbocycles. The van der Waals surface area contributed by atoms with Crippen molar-refractivity contribution in [2.24, 2.45) is 5.10 Å². The fourth-order valence-electron chi connectivity index (χ4n) is 3.73. The SMILES string of the molecule is COc1ccc(/C=N/N2CCN(Cc3ccc(C)cc3)CC2)cc1OCc1ccccc1. The van der Waals surface area contributed by atoms with Gasteiger partial charge in [-0.25, -0.2) is 0 Å². The van der Waals surface area contributed by atoms with Crippen molar-refractivity contribution in [1.82, 2.24) is 9.91 Å². The Morgan fingerprint density at radius 1 is 0.844 bits per heavy atom. The van der Waals surface area contributed by atoms with E-state index in [0.29, 0.717) is 6.61 Å². The molecule has 0 unspecified atom stereocenters. The third-order valence-electron chi connectivity index (χ3n) is 5.67. The molecule has 0 amide bonds. The van der Waals surface area contributed by atoms with Crippen molar-refractivity contribution in [1.29, 1.82) is 0 Å². The van der Waals surface area contributed by atoms with Crippen LogP contribution in [0.25, 0.3) is 0 Å². The summed E-state index contributed by atoms with van der Waals surface area (Å²) >= 11 is 0. The van der Waals surface area contributed by atoms with E-state index < -0.39 is 0 Å². The lowest BCUT2D eigenvalue weighted by atomic mass is 10.1. The molecule has 0 bridgehead atoms. The van der Waals surface area contributed by atoms with E-state index in [1.165, 1.54) is 11.1 Å². The van der Waals surface area contributed by atoms with Crippen LogP contribution in [0.15, 0.2) is 77.9 Å². The highest BCUT2D eigenvalue weighted by molar-refractivity contribution is 5.80. The number of hydrogen-bond acceptors (Lipinski definition) is 5. The van der Waals surface area contributed by atoms with Gasteiger partial charge in [0, 0.05) is 32.7 Å². The average molecular weight is 430 g/mol. The van der Waals surface area contributed by atoms with E-state index in [1.807, 2.05) is 42.6 Å². The molecule has 3 aromatic carbocycles. The summed E-state index contributed by atoms with van der Waals surface area (Å²) in [4.78, 5) is 2.49. The van der Waals surface area contributed by atoms with Gasteiger partial charge in [0.2, 0.25) is 0 Å². The van der Waals surface area contributed by atoms with Crippen molar-refractivity contribution in [3.8, 4) is 11.5 Å². The zero-order valence-corrected chi connectivity index (χ0v) is 18.9. The Labute approximate surface area is 190 Å². The zero-order chi connectivity index (χ0) is 22.2. The molecule has 5 heteroatoms. The normalized spacial score (nSPS) is 14.6. The van der Waals surface area contributed by atoms with E-state index in [-0.39, 0.29) is 0 Å². The van der Waals surface area contributed by atoms with Crippen LogP contribution in [0, 0.1) is 6.92 Å². The van der Waals surface area contributed by atoms with Crippen molar-refractivity contribution in [2.45, 2.75) is 20.1 Å². The first-order chi connectivity index (χ1) is 15.7. The number of piperazine rings is 1. The van der Waals surface area contributed by atoms with E-state index in [9.17, 15) is 0 Å². The Morgan fingerprint density at radius 3 is 2.31 bits per heavy atom. The maximum absolute atomic E-state index is 6.02. The van der Waals surface area contributed by atoms with Gasteiger partial charge in [-0.1, -0.05) is 60.2 Å². The first-order valence-corrected chi connectivity index (χ1v) is 11.1. The number of hydrazone groups is 1. The molecule has 0 radical (unpaired) electrons. The highest BCUT2D eigenvalue weighted by atomic mass is 16.5. The summed E-state index contributed by atoms with van der Waals surface area (Å²) in [6, 6.07) is 24.9. The molecule has 1 aliphatic rings. The van der Waals surface area contributed by atoms with Gasteiger partial charge in [-0.3, -0.25) is 9.91 Å². The maximum Gasteiger partial charge on any atom is 0.162 e. The number of methoxy groups -OCH3 is 1. The molecule has 0 N–H and O–H groups in total. The lowest BCUT2D eigenvalue weighted by Crippen LogP contribution is -2.43. The number of hydrogen-bond donors (Lipinski definition) is 0. The molecular formula is C27H31N3O2. The zero-order valence-electron chi connectivity index (χ0n) is 18.9. The van der Waals surface area contributed by atoms with Gasteiger partial charge in [-0.05, 0) is 41.8 Å². The summed E-state index contributed by atoms with van der Waals surface area (Å²) in [5.74, 6) is 1.45. The monoisotopic (exact) mass is 429 g/mol. The molecule has 32 heavy (non-hydrogen) atoms. The fraction of sp³-hybridized carbons (Fsp3) is 0.296. The number of aryl methyl sites for hydroxylation is 1. The standard InChI is InChI=1S/C27H31N3O2/c1-22-8-10-23(11-9-22)20-29-14-16-30(17-15-29)28-19-25-12-13-26(31-2)27(18-25)32-21-24-6-4-3-5-7-24/h3-13,18-19H,14-17,20-21H2,1-2H3/b28-19+. The van der Waals surface area contributed by atoms with E-state index in [4.69, 9.17) is 14.6 Å². The smallest absolute Gasteiger partial charge is 0.162 e. The van der Waals surface area contributed by atoms with Crippen LogP contribution in [0.3, 0.4) is 0 Å².